The molecule has 7 aromatic rings. The smallest absolute Gasteiger partial charge is 0.399 e. The highest BCUT2D eigenvalue weighted by molar-refractivity contribution is 7.25. The molecule has 39 heavy (non-hydrogen) atoms. The van der Waals surface area contributed by atoms with Gasteiger partial charge in [0.2, 0.25) is 0 Å². The van der Waals surface area contributed by atoms with E-state index in [4.69, 9.17) is 9.31 Å². The van der Waals surface area contributed by atoms with Crippen LogP contribution in [-0.4, -0.2) is 12.7 Å². The predicted molar refractivity (Wildman–Crippen MR) is 166 cm³/mol. The molecule has 1 atom stereocenters. The first-order valence-electron chi connectivity index (χ1n) is 13.6. The Morgan fingerprint density at radius 2 is 1.31 bits per heavy atom. The van der Waals surface area contributed by atoms with E-state index in [1.54, 1.807) is 0 Å². The van der Waals surface area contributed by atoms with Gasteiger partial charge >= 0.3 is 7.12 Å². The van der Waals surface area contributed by atoms with E-state index in [0.717, 1.165) is 5.46 Å². The van der Waals surface area contributed by atoms with Gasteiger partial charge in [-0.25, -0.2) is 0 Å². The minimum Gasteiger partial charge on any atom is -0.399 e. The molecule has 0 radical (unpaired) electrons. The molecule has 4 bridgehead atoms. The molecule has 1 unspecified atom stereocenters. The molecule has 1 saturated heterocycles. The van der Waals surface area contributed by atoms with Gasteiger partial charge in [-0.3, -0.25) is 0 Å². The second-order valence-corrected chi connectivity index (χ2v) is 12.7. The van der Waals surface area contributed by atoms with Crippen molar-refractivity contribution >= 4 is 76.4 Å². The van der Waals surface area contributed by atoms with Gasteiger partial charge in [0.25, 0.3) is 0 Å². The Balaban J connectivity index is 1.54. The van der Waals surface area contributed by atoms with Crippen molar-refractivity contribution in [3.05, 3.63) is 103 Å². The highest BCUT2D eigenvalue weighted by Gasteiger charge is 2.57. The number of hydrogen-bond acceptors (Lipinski definition) is 3. The van der Waals surface area contributed by atoms with Crippen LogP contribution in [0.3, 0.4) is 0 Å². The van der Waals surface area contributed by atoms with Crippen LogP contribution in [0.4, 0.5) is 0 Å². The Hall–Kier alpha value is -3.70. The van der Waals surface area contributed by atoms with Crippen molar-refractivity contribution in [2.45, 2.75) is 32.0 Å². The topological polar surface area (TPSA) is 18.5 Å². The number of benzene rings is 6. The van der Waals surface area contributed by atoms with Crippen molar-refractivity contribution in [1.82, 2.24) is 0 Å². The normalized spacial score (nSPS) is 19.7. The summed E-state index contributed by atoms with van der Waals surface area (Å²) in [7, 11) is -0.479. The van der Waals surface area contributed by atoms with E-state index in [9.17, 15) is 0 Å². The van der Waals surface area contributed by atoms with E-state index < -0.39 is 18.3 Å². The maximum absolute atomic E-state index is 7.20. The molecule has 6 aromatic carbocycles. The monoisotopic (exact) mass is 520 g/mol. The van der Waals surface area contributed by atoms with E-state index in [0.29, 0.717) is 0 Å². The maximum atomic E-state index is 7.20. The zero-order valence-corrected chi connectivity index (χ0v) is 22.9. The first kappa shape index (κ1) is 22.2. The molecule has 186 valence electrons. The van der Waals surface area contributed by atoms with Crippen LogP contribution in [0, 0.1) is 0 Å². The first-order valence-corrected chi connectivity index (χ1v) is 14.4. The van der Waals surface area contributed by atoms with Crippen LogP contribution in [0.2, 0.25) is 0 Å². The Bertz CT molecular complexity index is 2190. The second kappa shape index (κ2) is 7.28. The van der Waals surface area contributed by atoms with Gasteiger partial charge in [0.05, 0.1) is 5.60 Å². The maximum Gasteiger partial charge on any atom is 0.495 e. The molecule has 0 aliphatic carbocycles. The highest BCUT2D eigenvalue weighted by Crippen LogP contribution is 2.54. The zero-order valence-electron chi connectivity index (χ0n) is 22.0. The summed E-state index contributed by atoms with van der Waals surface area (Å²) < 4.78 is 16.7. The van der Waals surface area contributed by atoms with Crippen molar-refractivity contribution < 1.29 is 9.31 Å². The number of hydrogen-bond donors (Lipinski definition) is 0. The number of fused-ring (bicyclic) bond motifs is 14. The predicted octanol–water partition coefficient (Wildman–Crippen LogP) is 8.93. The Kier molecular flexibility index (Phi) is 4.13. The van der Waals surface area contributed by atoms with Crippen LogP contribution >= 0.6 is 11.3 Å². The molecule has 0 saturated carbocycles. The summed E-state index contributed by atoms with van der Waals surface area (Å²) in [5.41, 5.74) is 3.50. The summed E-state index contributed by atoms with van der Waals surface area (Å²) >= 11 is 1.85. The molecule has 4 heteroatoms. The SMILES string of the molecule is CC1(C)OB2OC1(C)c1c(ccc3sc4ccccc4c13)-c1ccc3c4ccccc4c4cccc2c4c3c1. The molecule has 2 aliphatic rings. The fourth-order valence-corrected chi connectivity index (χ4v) is 8.31. The van der Waals surface area contributed by atoms with Crippen LogP contribution in [0.5, 0.6) is 0 Å². The summed E-state index contributed by atoms with van der Waals surface area (Å²) in [4.78, 5) is 0. The van der Waals surface area contributed by atoms with Gasteiger partial charge in [0, 0.05) is 25.7 Å². The van der Waals surface area contributed by atoms with E-state index >= 15 is 0 Å². The van der Waals surface area contributed by atoms with Crippen LogP contribution < -0.4 is 5.46 Å². The summed E-state index contributed by atoms with van der Waals surface area (Å²) in [5, 5.41) is 10.1. The lowest BCUT2D eigenvalue weighted by atomic mass is 9.73. The molecular weight excluding hydrogens is 495 g/mol. The molecule has 1 fully saturated rings. The lowest BCUT2D eigenvalue weighted by Gasteiger charge is -2.39. The molecule has 2 aliphatic heterocycles. The minimum absolute atomic E-state index is 0.479. The molecule has 0 spiro atoms. The summed E-state index contributed by atoms with van der Waals surface area (Å²) in [6.07, 6.45) is 0. The Morgan fingerprint density at radius 1 is 0.590 bits per heavy atom. The standard InChI is InChI=1S/C35H25BO2S/c1-34(2)35(3)33-21(17-18-30-32(33)26-11-6-7-14-29(26)39-30)20-15-16-24-22-9-4-5-10-23(22)25-12-8-13-28(36(37-34)38-35)31(25)27(24)19-20/h4-19H,1-3H3. The van der Waals surface area contributed by atoms with Crippen molar-refractivity contribution in [1.29, 1.82) is 0 Å². The largest absolute Gasteiger partial charge is 0.495 e. The van der Waals surface area contributed by atoms with Gasteiger partial charge in [-0.1, -0.05) is 78.9 Å². The number of thiophene rings is 1. The van der Waals surface area contributed by atoms with E-state index in [-0.39, 0.29) is 0 Å². The minimum atomic E-state index is -0.679. The third-order valence-electron chi connectivity index (χ3n) is 9.37. The molecule has 2 nitrogen and oxygen atoms in total. The first-order chi connectivity index (χ1) is 18.9. The highest BCUT2D eigenvalue weighted by atomic mass is 32.1. The van der Waals surface area contributed by atoms with Crippen LogP contribution in [-0.2, 0) is 14.9 Å². The Morgan fingerprint density at radius 3 is 2.15 bits per heavy atom. The van der Waals surface area contributed by atoms with Crippen LogP contribution in [0.15, 0.2) is 97.1 Å². The average molecular weight is 520 g/mol. The van der Waals surface area contributed by atoms with E-state index in [2.05, 4.69) is 118 Å². The molecular formula is C35H25BO2S. The summed E-state index contributed by atoms with van der Waals surface area (Å²) in [5.74, 6) is 0. The molecule has 3 heterocycles. The van der Waals surface area contributed by atoms with Crippen LogP contribution in [0.1, 0.15) is 26.3 Å². The van der Waals surface area contributed by atoms with Crippen molar-refractivity contribution in [2.24, 2.45) is 0 Å². The zero-order chi connectivity index (χ0) is 26.1. The third kappa shape index (κ3) is 2.69. The lowest BCUT2D eigenvalue weighted by molar-refractivity contribution is -0.0117. The quantitative estimate of drug-likeness (QED) is 0.147. The Labute approximate surface area is 230 Å². The molecule has 9 rings (SSSR count). The van der Waals surface area contributed by atoms with Crippen molar-refractivity contribution in [2.75, 3.05) is 0 Å². The van der Waals surface area contributed by atoms with Crippen molar-refractivity contribution in [3.63, 3.8) is 0 Å². The van der Waals surface area contributed by atoms with Gasteiger partial charge in [-0.15, -0.1) is 11.3 Å². The summed E-state index contributed by atoms with van der Waals surface area (Å²) in [6, 6.07) is 35.7. The van der Waals surface area contributed by atoms with E-state index in [1.807, 2.05) is 11.3 Å². The molecule has 0 amide bonds. The third-order valence-corrected chi connectivity index (χ3v) is 10.5. The number of rotatable bonds is 0. The molecule has 0 N–H and O–H groups in total. The van der Waals surface area contributed by atoms with Crippen molar-refractivity contribution in [3.8, 4) is 11.1 Å². The van der Waals surface area contributed by atoms with Gasteiger partial charge in [-0.2, -0.15) is 0 Å². The van der Waals surface area contributed by atoms with Gasteiger partial charge in [0.15, 0.2) is 0 Å². The average Bonchev–Trinajstić information content (AvgIpc) is 3.45. The van der Waals surface area contributed by atoms with Gasteiger partial charge in [0.1, 0.15) is 5.60 Å². The fraction of sp³-hybridized carbons (Fsp3) is 0.143. The molecule has 1 aromatic heterocycles. The summed E-state index contributed by atoms with van der Waals surface area (Å²) in [6.45, 7) is 6.61. The van der Waals surface area contributed by atoms with Gasteiger partial charge < -0.3 is 9.31 Å². The van der Waals surface area contributed by atoms with Crippen LogP contribution in [0.25, 0.3) is 63.6 Å². The lowest BCUT2D eigenvalue weighted by Crippen LogP contribution is -2.42. The second-order valence-electron chi connectivity index (χ2n) is 11.6. The van der Waals surface area contributed by atoms with E-state index in [1.165, 1.54) is 69.2 Å². The van der Waals surface area contributed by atoms with Gasteiger partial charge in [-0.05, 0) is 87.9 Å². The fourth-order valence-electron chi connectivity index (χ4n) is 7.20.